The first-order valence-corrected chi connectivity index (χ1v) is 8.16. The maximum Gasteiger partial charge on any atom is 0.338 e. The number of esters is 1. The summed E-state index contributed by atoms with van der Waals surface area (Å²) in [5, 5.41) is 0. The summed E-state index contributed by atoms with van der Waals surface area (Å²) in [7, 11) is -3.52. The molecule has 1 aromatic rings. The molecule has 5 nitrogen and oxygen atoms in total. The van der Waals surface area contributed by atoms with Crippen LogP contribution in [0.2, 0.25) is 0 Å². The van der Waals surface area contributed by atoms with Gasteiger partial charge in [0.15, 0.2) is 0 Å². The van der Waals surface area contributed by atoms with Crippen molar-refractivity contribution in [1.29, 1.82) is 0 Å². The maximum atomic E-state index is 12.1. The van der Waals surface area contributed by atoms with Gasteiger partial charge in [0.1, 0.15) is 0 Å². The van der Waals surface area contributed by atoms with Gasteiger partial charge in [0.05, 0.1) is 17.1 Å². The first-order valence-electron chi connectivity index (χ1n) is 6.67. The molecule has 1 N–H and O–H groups in total. The number of rotatable bonds is 6. The van der Waals surface area contributed by atoms with E-state index in [2.05, 4.69) is 4.72 Å². The molecule has 1 aromatic carbocycles. The largest absolute Gasteiger partial charge is 0.462 e. The highest BCUT2D eigenvalue weighted by Crippen LogP contribution is 2.35. The fourth-order valence-electron chi connectivity index (χ4n) is 1.72. The van der Waals surface area contributed by atoms with Crippen LogP contribution in [0.25, 0.3) is 0 Å². The molecule has 0 radical (unpaired) electrons. The van der Waals surface area contributed by atoms with Crippen LogP contribution in [0.4, 0.5) is 0 Å². The van der Waals surface area contributed by atoms with Gasteiger partial charge in [0.25, 0.3) is 0 Å². The number of carbonyl (C=O) groups excluding carboxylic acids is 1. The lowest BCUT2D eigenvalue weighted by Crippen LogP contribution is -2.34. The van der Waals surface area contributed by atoms with Crippen LogP contribution in [0.3, 0.4) is 0 Å². The van der Waals surface area contributed by atoms with Crippen molar-refractivity contribution in [1.82, 2.24) is 4.72 Å². The average molecular weight is 297 g/mol. The van der Waals surface area contributed by atoms with Crippen molar-refractivity contribution < 1.29 is 17.9 Å². The standard InChI is InChI=1S/C14H19NO4S/c1-3-10-19-13(16)11-4-6-12(7-5-11)20(17,18)15-14(2)8-9-14/h4-7,15H,3,8-10H2,1-2H3. The number of benzene rings is 1. The van der Waals surface area contributed by atoms with E-state index >= 15 is 0 Å². The maximum absolute atomic E-state index is 12.1. The molecule has 0 spiro atoms. The normalized spacial score (nSPS) is 16.7. The summed E-state index contributed by atoms with van der Waals surface area (Å²) >= 11 is 0. The first kappa shape index (κ1) is 15.0. The zero-order valence-electron chi connectivity index (χ0n) is 11.7. The highest BCUT2D eigenvalue weighted by atomic mass is 32.2. The highest BCUT2D eigenvalue weighted by molar-refractivity contribution is 7.89. The summed E-state index contributed by atoms with van der Waals surface area (Å²) in [4.78, 5) is 11.8. The minimum Gasteiger partial charge on any atom is -0.462 e. The van der Waals surface area contributed by atoms with Crippen LogP contribution < -0.4 is 4.72 Å². The second-order valence-corrected chi connectivity index (χ2v) is 7.01. The predicted molar refractivity (Wildman–Crippen MR) is 75.0 cm³/mol. The molecule has 0 heterocycles. The second-order valence-electron chi connectivity index (χ2n) is 5.33. The molecule has 0 bridgehead atoms. The smallest absolute Gasteiger partial charge is 0.338 e. The highest BCUT2D eigenvalue weighted by Gasteiger charge is 2.41. The third-order valence-electron chi connectivity index (χ3n) is 3.22. The van der Waals surface area contributed by atoms with Crippen molar-refractivity contribution in [2.75, 3.05) is 6.61 Å². The SMILES string of the molecule is CCCOC(=O)c1ccc(S(=O)(=O)NC2(C)CC2)cc1. The molecule has 1 fully saturated rings. The molecule has 1 saturated carbocycles. The monoisotopic (exact) mass is 297 g/mol. The molecule has 0 unspecified atom stereocenters. The molecular formula is C14H19NO4S. The summed E-state index contributed by atoms with van der Waals surface area (Å²) in [5.41, 5.74) is 0.0485. The zero-order valence-corrected chi connectivity index (χ0v) is 12.5. The van der Waals surface area contributed by atoms with Gasteiger partial charge in [-0.3, -0.25) is 0 Å². The van der Waals surface area contributed by atoms with E-state index in [9.17, 15) is 13.2 Å². The summed E-state index contributed by atoms with van der Waals surface area (Å²) in [5.74, 6) is -0.432. The van der Waals surface area contributed by atoms with Gasteiger partial charge < -0.3 is 4.74 Å². The van der Waals surface area contributed by atoms with Gasteiger partial charge in [-0.25, -0.2) is 17.9 Å². The molecule has 2 rings (SSSR count). The van der Waals surface area contributed by atoms with E-state index in [-0.39, 0.29) is 10.4 Å². The van der Waals surface area contributed by atoms with E-state index in [0.717, 1.165) is 19.3 Å². The summed E-state index contributed by atoms with van der Waals surface area (Å²) < 4.78 is 31.9. The number of nitrogens with one attached hydrogen (secondary N) is 1. The zero-order chi connectivity index (χ0) is 14.8. The molecule has 20 heavy (non-hydrogen) atoms. The molecule has 0 aliphatic heterocycles. The van der Waals surface area contributed by atoms with E-state index in [1.165, 1.54) is 24.3 Å². The van der Waals surface area contributed by atoms with Gasteiger partial charge in [-0.05, 0) is 50.5 Å². The number of sulfonamides is 1. The Labute approximate surface area is 119 Å². The Balaban J connectivity index is 2.09. The summed E-state index contributed by atoms with van der Waals surface area (Å²) in [6.07, 6.45) is 2.46. The molecule has 1 aliphatic carbocycles. The predicted octanol–water partition coefficient (Wildman–Crippen LogP) is 2.08. The molecule has 6 heteroatoms. The number of hydrogen-bond donors (Lipinski definition) is 1. The van der Waals surface area contributed by atoms with Gasteiger partial charge in [-0.1, -0.05) is 6.92 Å². The Morgan fingerprint density at radius 1 is 1.30 bits per heavy atom. The lowest BCUT2D eigenvalue weighted by molar-refractivity contribution is 0.0505. The molecule has 0 amide bonds. The van der Waals surface area contributed by atoms with Crippen molar-refractivity contribution in [3.63, 3.8) is 0 Å². The van der Waals surface area contributed by atoms with Crippen molar-refractivity contribution in [3.05, 3.63) is 29.8 Å². The molecule has 0 saturated heterocycles. The van der Waals surface area contributed by atoms with Gasteiger partial charge in [0.2, 0.25) is 10.0 Å². The van der Waals surface area contributed by atoms with Gasteiger partial charge in [-0.15, -0.1) is 0 Å². The Morgan fingerprint density at radius 3 is 2.40 bits per heavy atom. The molecular weight excluding hydrogens is 278 g/mol. The Kier molecular flexibility index (Phi) is 4.15. The van der Waals surface area contributed by atoms with Crippen molar-refractivity contribution >= 4 is 16.0 Å². The fourth-order valence-corrected chi connectivity index (χ4v) is 3.19. The lowest BCUT2D eigenvalue weighted by atomic mass is 10.2. The van der Waals surface area contributed by atoms with Crippen LogP contribution in [-0.4, -0.2) is 26.5 Å². The second kappa shape index (κ2) is 5.54. The third kappa shape index (κ3) is 3.58. The van der Waals surface area contributed by atoms with Crippen LogP contribution >= 0.6 is 0 Å². The topological polar surface area (TPSA) is 72.5 Å². The van der Waals surface area contributed by atoms with E-state index in [0.29, 0.717) is 12.2 Å². The number of ether oxygens (including phenoxy) is 1. The van der Waals surface area contributed by atoms with Crippen LogP contribution in [0.5, 0.6) is 0 Å². The van der Waals surface area contributed by atoms with E-state index in [1.54, 1.807) is 0 Å². The molecule has 0 atom stereocenters. The summed E-state index contributed by atoms with van der Waals surface area (Å²) in [6.45, 7) is 4.15. The van der Waals surface area contributed by atoms with Crippen molar-refractivity contribution in [3.8, 4) is 0 Å². The Morgan fingerprint density at radius 2 is 1.90 bits per heavy atom. The average Bonchev–Trinajstić information content (AvgIpc) is 3.12. The van der Waals surface area contributed by atoms with E-state index in [4.69, 9.17) is 4.74 Å². The first-order chi connectivity index (χ1) is 9.36. The van der Waals surface area contributed by atoms with Crippen molar-refractivity contribution in [2.24, 2.45) is 0 Å². The van der Waals surface area contributed by atoms with Gasteiger partial charge >= 0.3 is 5.97 Å². The Hall–Kier alpha value is -1.40. The van der Waals surface area contributed by atoms with Crippen LogP contribution in [-0.2, 0) is 14.8 Å². The van der Waals surface area contributed by atoms with Crippen LogP contribution in [0.15, 0.2) is 29.2 Å². The van der Waals surface area contributed by atoms with E-state index in [1.807, 2.05) is 13.8 Å². The third-order valence-corrected chi connectivity index (χ3v) is 4.87. The molecule has 0 aromatic heterocycles. The van der Waals surface area contributed by atoms with Crippen molar-refractivity contribution in [2.45, 2.75) is 43.5 Å². The quantitative estimate of drug-likeness (QED) is 0.816. The molecule has 110 valence electrons. The number of hydrogen-bond acceptors (Lipinski definition) is 4. The minimum atomic E-state index is -3.52. The van der Waals surface area contributed by atoms with Crippen LogP contribution in [0, 0.1) is 0 Å². The van der Waals surface area contributed by atoms with Gasteiger partial charge in [-0.2, -0.15) is 0 Å². The lowest BCUT2D eigenvalue weighted by Gasteiger charge is -2.12. The summed E-state index contributed by atoms with van der Waals surface area (Å²) in [6, 6.07) is 5.80. The van der Waals surface area contributed by atoms with Crippen LogP contribution in [0.1, 0.15) is 43.5 Å². The molecule has 1 aliphatic rings. The van der Waals surface area contributed by atoms with E-state index < -0.39 is 16.0 Å². The van der Waals surface area contributed by atoms with Gasteiger partial charge in [0, 0.05) is 5.54 Å². The Bertz CT molecular complexity index is 588. The fraction of sp³-hybridized carbons (Fsp3) is 0.500. The number of carbonyl (C=O) groups is 1. The minimum absolute atomic E-state index is 0.165.